The van der Waals surface area contributed by atoms with E-state index in [-0.39, 0.29) is 5.91 Å². The first-order valence-electron chi connectivity index (χ1n) is 5.99. The van der Waals surface area contributed by atoms with Crippen molar-refractivity contribution in [3.8, 4) is 11.8 Å². The number of nitrogens with two attached hydrogens (primary N) is 1. The highest BCUT2D eigenvalue weighted by molar-refractivity contribution is 6.34. The number of ether oxygens (including phenoxy) is 1. The summed E-state index contributed by atoms with van der Waals surface area (Å²) >= 11 is 6.01. The lowest BCUT2D eigenvalue weighted by atomic mass is 10.1. The predicted molar refractivity (Wildman–Crippen MR) is 81.5 cm³/mol. The van der Waals surface area contributed by atoms with Gasteiger partial charge in [-0.2, -0.15) is 5.26 Å². The first kappa shape index (κ1) is 14.7. The topological polar surface area (TPSA) is 88.1 Å². The third-order valence-corrected chi connectivity index (χ3v) is 3.09. The van der Waals surface area contributed by atoms with Crippen LogP contribution in [0.15, 0.2) is 36.4 Å². The van der Waals surface area contributed by atoms with Crippen molar-refractivity contribution in [2.24, 2.45) is 0 Å². The average Bonchev–Trinajstić information content (AvgIpc) is 2.48. The molecule has 2 aromatic rings. The molecule has 6 heteroatoms. The summed E-state index contributed by atoms with van der Waals surface area (Å²) in [4.78, 5) is 12.2. The van der Waals surface area contributed by atoms with Crippen molar-refractivity contribution in [2.45, 2.75) is 0 Å². The van der Waals surface area contributed by atoms with Crippen LogP contribution in [-0.4, -0.2) is 13.0 Å². The van der Waals surface area contributed by atoms with Crippen molar-refractivity contribution < 1.29 is 9.53 Å². The maximum atomic E-state index is 12.2. The summed E-state index contributed by atoms with van der Waals surface area (Å²) in [5, 5.41) is 11.7. The van der Waals surface area contributed by atoms with Crippen LogP contribution < -0.4 is 15.8 Å². The predicted octanol–water partition coefficient (Wildman–Crippen LogP) is 3.05. The van der Waals surface area contributed by atoms with E-state index in [2.05, 4.69) is 5.32 Å². The Bertz CT molecular complexity index is 738. The summed E-state index contributed by atoms with van der Waals surface area (Å²) < 4.78 is 5.07. The molecule has 0 radical (unpaired) electrons. The number of carbonyl (C=O) groups is 1. The van der Waals surface area contributed by atoms with Gasteiger partial charge in [0.1, 0.15) is 5.75 Å². The molecule has 0 bridgehead atoms. The fourth-order valence-corrected chi connectivity index (χ4v) is 1.98. The Morgan fingerprint density at radius 1 is 1.33 bits per heavy atom. The molecule has 2 aromatic carbocycles. The SMILES string of the molecule is COc1cc(N)cc(C(=O)Nc2ccc(C#N)cc2Cl)c1. The minimum Gasteiger partial charge on any atom is -0.497 e. The molecular weight excluding hydrogens is 290 g/mol. The Labute approximate surface area is 126 Å². The standard InChI is InChI=1S/C15H12ClN3O2/c1-21-12-6-10(5-11(18)7-12)15(20)19-14-3-2-9(8-17)4-13(14)16/h2-7H,18H2,1H3,(H,19,20). The van der Waals surface area contributed by atoms with Crippen LogP contribution in [0.1, 0.15) is 15.9 Å². The highest BCUT2D eigenvalue weighted by atomic mass is 35.5. The van der Waals surface area contributed by atoms with Crippen molar-refractivity contribution in [2.75, 3.05) is 18.2 Å². The third-order valence-electron chi connectivity index (χ3n) is 2.77. The Balaban J connectivity index is 2.26. The van der Waals surface area contributed by atoms with Crippen LogP contribution in [0.25, 0.3) is 0 Å². The first-order valence-corrected chi connectivity index (χ1v) is 6.37. The van der Waals surface area contributed by atoms with Crippen LogP contribution in [0, 0.1) is 11.3 Å². The number of nitriles is 1. The minimum atomic E-state index is -0.368. The van der Waals surface area contributed by atoms with E-state index in [9.17, 15) is 4.79 Å². The Morgan fingerprint density at radius 2 is 2.10 bits per heavy atom. The number of anilines is 2. The van der Waals surface area contributed by atoms with Crippen LogP contribution in [0.3, 0.4) is 0 Å². The number of amides is 1. The van der Waals surface area contributed by atoms with Gasteiger partial charge in [-0.3, -0.25) is 4.79 Å². The summed E-state index contributed by atoms with van der Waals surface area (Å²) in [6.07, 6.45) is 0. The molecule has 0 atom stereocenters. The highest BCUT2D eigenvalue weighted by Crippen LogP contribution is 2.24. The summed E-state index contributed by atoms with van der Waals surface area (Å²) in [6, 6.07) is 11.3. The molecule has 2 rings (SSSR count). The molecular formula is C15H12ClN3O2. The van der Waals surface area contributed by atoms with E-state index in [1.807, 2.05) is 6.07 Å². The van der Waals surface area contributed by atoms with E-state index in [4.69, 9.17) is 27.3 Å². The first-order chi connectivity index (χ1) is 10.0. The fraction of sp³-hybridized carbons (Fsp3) is 0.0667. The van der Waals surface area contributed by atoms with Crippen molar-refractivity contribution >= 4 is 28.9 Å². The quantitative estimate of drug-likeness (QED) is 0.853. The molecule has 1 amide bonds. The lowest BCUT2D eigenvalue weighted by molar-refractivity contribution is 0.102. The zero-order valence-corrected chi connectivity index (χ0v) is 11.9. The number of carbonyl (C=O) groups excluding carboxylic acids is 1. The van der Waals surface area contributed by atoms with Crippen molar-refractivity contribution in [1.82, 2.24) is 0 Å². The number of rotatable bonds is 3. The van der Waals surface area contributed by atoms with Crippen molar-refractivity contribution in [3.05, 3.63) is 52.5 Å². The summed E-state index contributed by atoms with van der Waals surface area (Å²) in [5.41, 5.74) is 7.33. The van der Waals surface area contributed by atoms with E-state index < -0.39 is 0 Å². The molecule has 0 fully saturated rings. The second kappa shape index (κ2) is 6.16. The van der Waals surface area contributed by atoms with Gasteiger partial charge in [0.25, 0.3) is 5.91 Å². The number of nitrogens with zero attached hydrogens (tertiary/aromatic N) is 1. The zero-order valence-electron chi connectivity index (χ0n) is 11.2. The molecule has 0 aliphatic heterocycles. The smallest absolute Gasteiger partial charge is 0.255 e. The van der Waals surface area contributed by atoms with E-state index in [1.54, 1.807) is 24.3 Å². The Kier molecular flexibility index (Phi) is 4.31. The van der Waals surface area contributed by atoms with Crippen molar-refractivity contribution in [3.63, 3.8) is 0 Å². The number of methoxy groups -OCH3 is 1. The van der Waals surface area contributed by atoms with Gasteiger partial charge in [-0.1, -0.05) is 11.6 Å². The highest BCUT2D eigenvalue weighted by Gasteiger charge is 2.11. The molecule has 0 aromatic heterocycles. The molecule has 21 heavy (non-hydrogen) atoms. The second-order valence-electron chi connectivity index (χ2n) is 4.26. The number of nitrogens with one attached hydrogen (secondary N) is 1. The largest absolute Gasteiger partial charge is 0.497 e. The lowest BCUT2D eigenvalue weighted by Crippen LogP contribution is -2.12. The molecule has 0 heterocycles. The maximum absolute atomic E-state index is 12.2. The van der Waals surface area contributed by atoms with Crippen molar-refractivity contribution in [1.29, 1.82) is 5.26 Å². The summed E-state index contributed by atoms with van der Waals surface area (Å²) in [5.74, 6) is 0.123. The van der Waals surface area contributed by atoms with Gasteiger partial charge in [0.15, 0.2) is 0 Å². The summed E-state index contributed by atoms with van der Waals surface area (Å²) in [7, 11) is 1.49. The van der Waals surface area contributed by atoms with E-state index in [0.717, 1.165) is 0 Å². The molecule has 0 aliphatic carbocycles. The van der Waals surface area contributed by atoms with E-state index >= 15 is 0 Å². The van der Waals surface area contributed by atoms with Gasteiger partial charge in [0.2, 0.25) is 0 Å². The summed E-state index contributed by atoms with van der Waals surface area (Å²) in [6.45, 7) is 0. The second-order valence-corrected chi connectivity index (χ2v) is 4.66. The third kappa shape index (κ3) is 3.44. The average molecular weight is 302 g/mol. The van der Waals surface area contributed by atoms with E-state index in [1.165, 1.54) is 19.2 Å². The molecule has 3 N–H and O–H groups in total. The molecule has 5 nitrogen and oxygen atoms in total. The Morgan fingerprint density at radius 3 is 2.71 bits per heavy atom. The van der Waals surface area contributed by atoms with Gasteiger partial charge in [0, 0.05) is 17.3 Å². The number of hydrogen-bond acceptors (Lipinski definition) is 4. The maximum Gasteiger partial charge on any atom is 0.255 e. The molecule has 0 unspecified atom stereocenters. The van der Waals surface area contributed by atoms with Crippen LogP contribution in [0.5, 0.6) is 5.75 Å². The van der Waals surface area contributed by atoms with Gasteiger partial charge in [-0.25, -0.2) is 0 Å². The van der Waals surface area contributed by atoms with Crippen LogP contribution in [0.2, 0.25) is 5.02 Å². The van der Waals surface area contributed by atoms with Crippen LogP contribution in [0.4, 0.5) is 11.4 Å². The number of benzene rings is 2. The van der Waals surface area contributed by atoms with Gasteiger partial charge in [-0.05, 0) is 30.3 Å². The van der Waals surface area contributed by atoms with E-state index in [0.29, 0.717) is 33.3 Å². The monoisotopic (exact) mass is 301 g/mol. The Hall–Kier alpha value is -2.71. The van der Waals surface area contributed by atoms with Gasteiger partial charge in [-0.15, -0.1) is 0 Å². The molecule has 106 valence electrons. The molecule has 0 saturated carbocycles. The minimum absolute atomic E-state index is 0.290. The molecule has 0 saturated heterocycles. The van der Waals surface area contributed by atoms with Gasteiger partial charge in [0.05, 0.1) is 29.5 Å². The fourth-order valence-electron chi connectivity index (χ4n) is 1.75. The van der Waals surface area contributed by atoms with Gasteiger partial charge >= 0.3 is 0 Å². The normalized spacial score (nSPS) is 9.76. The van der Waals surface area contributed by atoms with Crippen LogP contribution in [-0.2, 0) is 0 Å². The lowest BCUT2D eigenvalue weighted by Gasteiger charge is -2.09. The zero-order chi connectivity index (χ0) is 15.4. The molecule has 0 spiro atoms. The van der Waals surface area contributed by atoms with Crippen LogP contribution >= 0.6 is 11.6 Å². The molecule has 0 aliphatic rings. The number of nitrogen functional groups attached to an aromatic ring is 1. The number of halogens is 1. The number of hydrogen-bond donors (Lipinski definition) is 2. The van der Waals surface area contributed by atoms with Gasteiger partial charge < -0.3 is 15.8 Å².